The molecule has 4 atom stereocenters. The second-order valence-corrected chi connectivity index (χ2v) is 8.94. The molecule has 1 N–H and O–H groups in total. The number of aliphatic hydroxyl groups is 1. The molecule has 0 bridgehead atoms. The summed E-state index contributed by atoms with van der Waals surface area (Å²) in [6, 6.07) is 24.4. The maximum absolute atomic E-state index is 13.8. The van der Waals surface area contributed by atoms with E-state index in [1.807, 2.05) is 13.0 Å². The molecule has 0 amide bonds. The Morgan fingerprint density at radius 1 is 0.882 bits per heavy atom. The molecule has 0 heterocycles. The topological polar surface area (TPSA) is 80.7 Å². The van der Waals surface area contributed by atoms with Crippen molar-refractivity contribution < 1.29 is 24.2 Å². The van der Waals surface area contributed by atoms with Crippen LogP contribution in [0.25, 0.3) is 0 Å². The Bertz CT molecular complexity index is 1170. The second kappa shape index (κ2) is 9.74. The van der Waals surface area contributed by atoms with Crippen molar-refractivity contribution >= 4 is 17.3 Å². The van der Waals surface area contributed by atoms with Crippen LogP contribution in [0.1, 0.15) is 52.5 Å². The van der Waals surface area contributed by atoms with E-state index >= 15 is 0 Å². The van der Waals surface area contributed by atoms with Crippen molar-refractivity contribution in [1.82, 2.24) is 0 Å². The van der Waals surface area contributed by atoms with E-state index in [9.17, 15) is 19.5 Å². The quantitative estimate of drug-likeness (QED) is 0.404. The Morgan fingerprint density at radius 3 is 1.94 bits per heavy atom. The number of Topliss-reactive ketones (excluding diaryl/α,β-unsaturated/α-hetero) is 3. The molecule has 1 aliphatic rings. The highest BCUT2D eigenvalue weighted by molar-refractivity contribution is 6.13. The summed E-state index contributed by atoms with van der Waals surface area (Å²) in [4.78, 5) is 40.8. The maximum Gasteiger partial charge on any atom is 0.173 e. The number of carbonyl (C=O) groups excluding carboxylic acids is 3. The van der Waals surface area contributed by atoms with Crippen LogP contribution in [0.5, 0.6) is 5.75 Å². The van der Waals surface area contributed by atoms with Gasteiger partial charge in [-0.15, -0.1) is 0 Å². The molecular weight excluding hydrogens is 428 g/mol. The standard InChI is InChI=1S/C29H28O5/c1-3-34-22-16-14-19(15-17-22)24-25(27(31)20-10-6-4-7-11-20)23(30)18-29(2,33)26(24)28(32)21-12-8-5-9-13-21/h4-17,24-26,33H,3,18H2,1-2H3/t24-,25-,26+,29+/m1/s1. The minimum absolute atomic E-state index is 0.271. The Balaban J connectivity index is 1.86. The number of hydrogen-bond donors (Lipinski definition) is 1. The van der Waals surface area contributed by atoms with E-state index in [0.717, 1.165) is 0 Å². The minimum atomic E-state index is -1.61. The molecule has 5 nitrogen and oxygen atoms in total. The first-order valence-corrected chi connectivity index (χ1v) is 11.5. The molecule has 174 valence electrons. The van der Waals surface area contributed by atoms with Crippen LogP contribution in [0.3, 0.4) is 0 Å². The molecular formula is C29H28O5. The number of rotatable bonds is 7. The molecule has 34 heavy (non-hydrogen) atoms. The first kappa shape index (κ1) is 23.6. The maximum atomic E-state index is 13.8. The van der Waals surface area contributed by atoms with Gasteiger partial charge in [-0.1, -0.05) is 72.8 Å². The first-order chi connectivity index (χ1) is 16.3. The number of hydrogen-bond acceptors (Lipinski definition) is 5. The van der Waals surface area contributed by atoms with E-state index < -0.39 is 23.4 Å². The zero-order valence-corrected chi connectivity index (χ0v) is 19.3. The SMILES string of the molecule is CCOc1ccc([C@@H]2[C@H](C(=O)c3ccccc3)C(=O)C[C@](C)(O)[C@@H]2C(=O)c2ccccc2)cc1. The first-order valence-electron chi connectivity index (χ1n) is 11.5. The van der Waals surface area contributed by atoms with Gasteiger partial charge in [-0.2, -0.15) is 0 Å². The average molecular weight is 457 g/mol. The third-order valence-corrected chi connectivity index (χ3v) is 6.52. The molecule has 0 saturated heterocycles. The average Bonchev–Trinajstić information content (AvgIpc) is 2.84. The van der Waals surface area contributed by atoms with Crippen molar-refractivity contribution in [1.29, 1.82) is 0 Å². The Morgan fingerprint density at radius 2 is 1.41 bits per heavy atom. The van der Waals surface area contributed by atoms with E-state index in [4.69, 9.17) is 4.74 Å². The van der Waals surface area contributed by atoms with Gasteiger partial charge in [-0.25, -0.2) is 0 Å². The third-order valence-electron chi connectivity index (χ3n) is 6.52. The fourth-order valence-corrected chi connectivity index (χ4v) is 5.01. The molecule has 0 radical (unpaired) electrons. The van der Waals surface area contributed by atoms with Crippen LogP contribution in [-0.4, -0.2) is 34.7 Å². The monoisotopic (exact) mass is 456 g/mol. The fraction of sp³-hybridized carbons (Fsp3) is 0.276. The van der Waals surface area contributed by atoms with E-state index in [1.54, 1.807) is 78.9 Å². The van der Waals surface area contributed by atoms with Crippen LogP contribution in [-0.2, 0) is 4.79 Å². The molecule has 3 aromatic rings. The number of ketones is 3. The van der Waals surface area contributed by atoms with Gasteiger partial charge in [0.05, 0.1) is 24.0 Å². The van der Waals surface area contributed by atoms with Crippen LogP contribution >= 0.6 is 0 Å². The predicted molar refractivity (Wildman–Crippen MR) is 129 cm³/mol. The highest BCUT2D eigenvalue weighted by Gasteiger charge is 2.55. The molecule has 0 aliphatic heterocycles. The normalized spacial score (nSPS) is 24.4. The van der Waals surface area contributed by atoms with Crippen molar-refractivity contribution in [3.05, 3.63) is 102 Å². The van der Waals surface area contributed by atoms with Crippen LogP contribution < -0.4 is 4.74 Å². The lowest BCUT2D eigenvalue weighted by molar-refractivity contribution is -0.134. The van der Waals surface area contributed by atoms with Crippen LogP contribution in [0.15, 0.2) is 84.9 Å². The van der Waals surface area contributed by atoms with Crippen molar-refractivity contribution in [2.24, 2.45) is 11.8 Å². The van der Waals surface area contributed by atoms with E-state index in [0.29, 0.717) is 29.0 Å². The van der Waals surface area contributed by atoms with Crippen molar-refractivity contribution in [3.8, 4) is 5.75 Å². The van der Waals surface area contributed by atoms with Crippen LogP contribution in [0.2, 0.25) is 0 Å². The van der Waals surface area contributed by atoms with Crippen LogP contribution in [0, 0.1) is 11.8 Å². The number of benzene rings is 3. The smallest absolute Gasteiger partial charge is 0.173 e. The van der Waals surface area contributed by atoms with Gasteiger partial charge in [0.1, 0.15) is 11.5 Å². The van der Waals surface area contributed by atoms with Gasteiger partial charge < -0.3 is 9.84 Å². The summed E-state index contributed by atoms with van der Waals surface area (Å²) >= 11 is 0. The van der Waals surface area contributed by atoms with Gasteiger partial charge in [0.2, 0.25) is 0 Å². The molecule has 0 unspecified atom stereocenters. The Kier molecular flexibility index (Phi) is 6.75. The molecule has 3 aromatic carbocycles. The third kappa shape index (κ3) is 4.57. The molecule has 0 aromatic heterocycles. The molecule has 4 rings (SSSR count). The highest BCUT2D eigenvalue weighted by atomic mass is 16.5. The summed E-state index contributed by atoms with van der Waals surface area (Å²) in [6.07, 6.45) is -0.271. The molecule has 5 heteroatoms. The largest absolute Gasteiger partial charge is 0.494 e. The number of carbonyl (C=O) groups is 3. The summed E-state index contributed by atoms with van der Waals surface area (Å²) in [5.41, 5.74) is -0.130. The zero-order valence-electron chi connectivity index (χ0n) is 19.3. The lowest BCUT2D eigenvalue weighted by Gasteiger charge is -2.45. The van der Waals surface area contributed by atoms with E-state index in [1.165, 1.54) is 6.92 Å². The van der Waals surface area contributed by atoms with Gasteiger partial charge in [-0.05, 0) is 31.5 Å². The molecule has 1 fully saturated rings. The molecule has 1 aliphatic carbocycles. The predicted octanol–water partition coefficient (Wildman–Crippen LogP) is 4.89. The lowest BCUT2D eigenvalue weighted by atomic mass is 9.58. The van der Waals surface area contributed by atoms with Gasteiger partial charge in [-0.3, -0.25) is 14.4 Å². The van der Waals surface area contributed by atoms with Gasteiger partial charge in [0.15, 0.2) is 11.6 Å². The summed E-state index contributed by atoms with van der Waals surface area (Å²) < 4.78 is 5.55. The molecule has 0 spiro atoms. The van der Waals surface area contributed by atoms with Gasteiger partial charge in [0, 0.05) is 23.5 Å². The summed E-state index contributed by atoms with van der Waals surface area (Å²) in [5.74, 6) is -3.24. The molecule has 1 saturated carbocycles. The fourth-order valence-electron chi connectivity index (χ4n) is 5.01. The summed E-state index contributed by atoms with van der Waals surface area (Å²) in [5, 5.41) is 11.4. The van der Waals surface area contributed by atoms with Crippen molar-refractivity contribution in [3.63, 3.8) is 0 Å². The lowest BCUT2D eigenvalue weighted by Crippen LogP contribution is -2.54. The highest BCUT2D eigenvalue weighted by Crippen LogP contribution is 2.48. The second-order valence-electron chi connectivity index (χ2n) is 8.94. The van der Waals surface area contributed by atoms with E-state index in [2.05, 4.69) is 0 Å². The van der Waals surface area contributed by atoms with Gasteiger partial charge >= 0.3 is 0 Å². The Labute approximate surface area is 199 Å². The summed E-state index contributed by atoms with van der Waals surface area (Å²) in [6.45, 7) is 3.90. The zero-order chi connectivity index (χ0) is 24.3. The number of ether oxygens (including phenoxy) is 1. The van der Waals surface area contributed by atoms with Gasteiger partial charge in [0.25, 0.3) is 0 Å². The van der Waals surface area contributed by atoms with Crippen LogP contribution in [0.4, 0.5) is 0 Å². The van der Waals surface area contributed by atoms with E-state index in [-0.39, 0.29) is 23.8 Å². The van der Waals surface area contributed by atoms with Crippen molar-refractivity contribution in [2.75, 3.05) is 6.61 Å². The minimum Gasteiger partial charge on any atom is -0.494 e. The van der Waals surface area contributed by atoms with Crippen molar-refractivity contribution in [2.45, 2.75) is 31.8 Å². The summed E-state index contributed by atoms with van der Waals surface area (Å²) in [7, 11) is 0. The Hall–Kier alpha value is -3.57.